The summed E-state index contributed by atoms with van der Waals surface area (Å²) in [4.78, 5) is 23.6. The Kier molecular flexibility index (Phi) is 12.7. The molecule has 1 amide bonds. The molecule has 0 saturated carbocycles. The smallest absolute Gasteiger partial charge is 0.328 e. The van der Waals surface area contributed by atoms with Crippen LogP contribution in [0, 0.1) is 0 Å². The van der Waals surface area contributed by atoms with Gasteiger partial charge in [0.25, 0.3) is 0 Å². The highest BCUT2D eigenvalue weighted by molar-refractivity contribution is 5.93. The number of aliphatic carboxylic acids is 1. The second kappa shape index (κ2) is 13.6. The zero-order valence-electron chi connectivity index (χ0n) is 13.1. The van der Waals surface area contributed by atoms with Crippen LogP contribution in [0.5, 0.6) is 0 Å². The first kappa shape index (κ1) is 19.6. The monoisotopic (exact) mass is 299 g/mol. The van der Waals surface area contributed by atoms with Gasteiger partial charge in [0.05, 0.1) is 6.61 Å². The van der Waals surface area contributed by atoms with Crippen LogP contribution in [0.15, 0.2) is 12.2 Å². The summed E-state index contributed by atoms with van der Waals surface area (Å²) in [7, 11) is 0. The molecule has 21 heavy (non-hydrogen) atoms. The lowest BCUT2D eigenvalue weighted by molar-refractivity contribution is -0.132. The number of carboxylic acids is 1. The largest absolute Gasteiger partial charge is 0.478 e. The van der Waals surface area contributed by atoms with Crippen molar-refractivity contribution in [3.63, 3.8) is 0 Å². The second-order valence-electron chi connectivity index (χ2n) is 5.20. The molecule has 0 aromatic rings. The van der Waals surface area contributed by atoms with Crippen molar-refractivity contribution in [2.75, 3.05) is 19.7 Å². The van der Waals surface area contributed by atoms with Crippen LogP contribution in [-0.2, 0) is 9.59 Å². The molecule has 0 rings (SSSR count). The molecule has 0 aromatic heterocycles. The van der Waals surface area contributed by atoms with Gasteiger partial charge in [-0.2, -0.15) is 0 Å². The maximum Gasteiger partial charge on any atom is 0.328 e. The lowest BCUT2D eigenvalue weighted by atomic mass is 10.1. The Morgan fingerprint density at radius 2 is 1.48 bits per heavy atom. The van der Waals surface area contributed by atoms with E-state index in [0.29, 0.717) is 6.54 Å². The van der Waals surface area contributed by atoms with Gasteiger partial charge in [-0.25, -0.2) is 4.79 Å². The fraction of sp³-hybridized carbons (Fsp3) is 0.750. The molecular weight excluding hydrogens is 270 g/mol. The minimum atomic E-state index is -1.14. The Hall–Kier alpha value is -1.36. The standard InChI is InChI=1S/C16H29NO4/c1-2-3-4-5-6-7-8-9-12-17(13-14-18)15(19)10-11-16(20)21/h10-11,18H,2-9,12-14H2,1H3,(H,20,21)/b11-10-. The lowest BCUT2D eigenvalue weighted by Gasteiger charge is -2.19. The summed E-state index contributed by atoms with van der Waals surface area (Å²) in [5.41, 5.74) is 0. The molecule has 0 aliphatic rings. The summed E-state index contributed by atoms with van der Waals surface area (Å²) < 4.78 is 0. The van der Waals surface area contributed by atoms with Gasteiger partial charge in [0, 0.05) is 25.2 Å². The molecule has 0 fully saturated rings. The van der Waals surface area contributed by atoms with Crippen LogP contribution in [0.25, 0.3) is 0 Å². The molecule has 0 heterocycles. The van der Waals surface area contributed by atoms with Gasteiger partial charge in [0.15, 0.2) is 0 Å². The van der Waals surface area contributed by atoms with Crippen LogP contribution in [-0.4, -0.2) is 46.7 Å². The number of amides is 1. The molecular formula is C16H29NO4. The number of aliphatic hydroxyl groups is 1. The van der Waals surface area contributed by atoms with E-state index in [1.54, 1.807) is 0 Å². The fourth-order valence-corrected chi connectivity index (χ4v) is 2.14. The van der Waals surface area contributed by atoms with Gasteiger partial charge in [-0.15, -0.1) is 0 Å². The van der Waals surface area contributed by atoms with E-state index in [0.717, 1.165) is 31.4 Å². The van der Waals surface area contributed by atoms with Crippen LogP contribution in [0.4, 0.5) is 0 Å². The van der Waals surface area contributed by atoms with Crippen molar-refractivity contribution in [1.29, 1.82) is 0 Å². The summed E-state index contributed by atoms with van der Waals surface area (Å²) in [6.07, 6.45) is 11.3. The average molecular weight is 299 g/mol. The third-order valence-electron chi connectivity index (χ3n) is 3.33. The molecule has 0 bridgehead atoms. The summed E-state index contributed by atoms with van der Waals surface area (Å²) >= 11 is 0. The van der Waals surface area contributed by atoms with Gasteiger partial charge in [-0.3, -0.25) is 4.79 Å². The highest BCUT2D eigenvalue weighted by atomic mass is 16.4. The van der Waals surface area contributed by atoms with Gasteiger partial charge in [-0.1, -0.05) is 51.9 Å². The number of carbonyl (C=O) groups is 2. The molecule has 0 unspecified atom stereocenters. The Morgan fingerprint density at radius 3 is 2.00 bits per heavy atom. The van der Waals surface area contributed by atoms with Gasteiger partial charge in [0.2, 0.25) is 5.91 Å². The van der Waals surface area contributed by atoms with Crippen LogP contribution in [0.3, 0.4) is 0 Å². The Morgan fingerprint density at radius 1 is 0.905 bits per heavy atom. The molecule has 5 nitrogen and oxygen atoms in total. The number of hydrogen-bond donors (Lipinski definition) is 2. The number of carbonyl (C=O) groups excluding carboxylic acids is 1. The van der Waals surface area contributed by atoms with Crippen LogP contribution in [0.1, 0.15) is 58.3 Å². The fourth-order valence-electron chi connectivity index (χ4n) is 2.14. The topological polar surface area (TPSA) is 77.8 Å². The number of unbranched alkanes of at least 4 members (excludes halogenated alkanes) is 7. The molecule has 0 aliphatic heterocycles. The third-order valence-corrected chi connectivity index (χ3v) is 3.33. The first-order valence-corrected chi connectivity index (χ1v) is 7.92. The van der Waals surface area contributed by atoms with Crippen molar-refractivity contribution >= 4 is 11.9 Å². The van der Waals surface area contributed by atoms with E-state index in [-0.39, 0.29) is 19.1 Å². The highest BCUT2D eigenvalue weighted by Gasteiger charge is 2.09. The quantitative estimate of drug-likeness (QED) is 0.405. The maximum atomic E-state index is 11.7. The van der Waals surface area contributed by atoms with E-state index < -0.39 is 5.97 Å². The van der Waals surface area contributed by atoms with E-state index >= 15 is 0 Å². The third kappa shape index (κ3) is 12.1. The highest BCUT2D eigenvalue weighted by Crippen LogP contribution is 2.09. The van der Waals surface area contributed by atoms with E-state index in [1.165, 1.54) is 37.0 Å². The van der Waals surface area contributed by atoms with Crippen molar-refractivity contribution < 1.29 is 19.8 Å². The van der Waals surface area contributed by atoms with Crippen molar-refractivity contribution in [1.82, 2.24) is 4.90 Å². The van der Waals surface area contributed by atoms with Gasteiger partial charge in [0.1, 0.15) is 0 Å². The summed E-state index contributed by atoms with van der Waals surface area (Å²) in [5, 5.41) is 17.5. The van der Waals surface area contributed by atoms with Gasteiger partial charge >= 0.3 is 5.97 Å². The molecule has 5 heteroatoms. The number of aliphatic hydroxyl groups excluding tert-OH is 1. The number of rotatable bonds is 13. The van der Waals surface area contributed by atoms with Crippen molar-refractivity contribution in [3.05, 3.63) is 12.2 Å². The van der Waals surface area contributed by atoms with Crippen molar-refractivity contribution in [3.8, 4) is 0 Å². The minimum absolute atomic E-state index is 0.107. The van der Waals surface area contributed by atoms with Crippen LogP contribution < -0.4 is 0 Å². The number of hydrogen-bond acceptors (Lipinski definition) is 3. The molecule has 0 radical (unpaired) electrons. The Labute approximate surface area is 127 Å². The molecule has 0 aliphatic carbocycles. The van der Waals surface area contributed by atoms with E-state index in [4.69, 9.17) is 10.2 Å². The molecule has 0 atom stereocenters. The van der Waals surface area contributed by atoms with Gasteiger partial charge in [-0.05, 0) is 6.42 Å². The first-order valence-electron chi connectivity index (χ1n) is 7.92. The molecule has 2 N–H and O–H groups in total. The SMILES string of the molecule is CCCCCCCCCCN(CCO)C(=O)/C=C\C(=O)O. The summed E-state index contributed by atoms with van der Waals surface area (Å²) in [6, 6.07) is 0. The number of carboxylic acid groups (broad SMARTS) is 1. The van der Waals surface area contributed by atoms with Crippen LogP contribution >= 0.6 is 0 Å². The zero-order valence-corrected chi connectivity index (χ0v) is 13.1. The lowest BCUT2D eigenvalue weighted by Crippen LogP contribution is -2.33. The molecule has 122 valence electrons. The zero-order chi connectivity index (χ0) is 15.9. The van der Waals surface area contributed by atoms with E-state index in [1.807, 2.05) is 0 Å². The Bertz CT molecular complexity index is 315. The first-order chi connectivity index (χ1) is 10.1. The molecule has 0 saturated heterocycles. The summed E-state index contributed by atoms with van der Waals surface area (Å²) in [5.74, 6) is -1.49. The second-order valence-corrected chi connectivity index (χ2v) is 5.20. The predicted molar refractivity (Wildman–Crippen MR) is 83.1 cm³/mol. The van der Waals surface area contributed by atoms with E-state index in [9.17, 15) is 9.59 Å². The Balaban J connectivity index is 3.83. The average Bonchev–Trinajstić information content (AvgIpc) is 2.46. The summed E-state index contributed by atoms with van der Waals surface area (Å²) in [6.45, 7) is 2.91. The maximum absolute atomic E-state index is 11.7. The van der Waals surface area contributed by atoms with Crippen LogP contribution in [0.2, 0.25) is 0 Å². The van der Waals surface area contributed by atoms with Gasteiger partial charge < -0.3 is 15.1 Å². The minimum Gasteiger partial charge on any atom is -0.478 e. The van der Waals surface area contributed by atoms with E-state index in [2.05, 4.69) is 6.92 Å². The predicted octanol–water partition coefficient (Wildman–Crippen LogP) is 2.59. The van der Waals surface area contributed by atoms with Crippen molar-refractivity contribution in [2.24, 2.45) is 0 Å². The molecule has 0 spiro atoms. The normalized spacial score (nSPS) is 11.0. The number of nitrogens with zero attached hydrogens (tertiary/aromatic N) is 1. The molecule has 0 aromatic carbocycles. The van der Waals surface area contributed by atoms with Crippen molar-refractivity contribution in [2.45, 2.75) is 58.3 Å².